The number of hydrogen-bond donors (Lipinski definition) is 0. The van der Waals surface area contributed by atoms with Crippen molar-refractivity contribution in [3.8, 4) is 39.8 Å². The monoisotopic (exact) mass is 552 g/mol. The molecule has 0 saturated heterocycles. The van der Waals surface area contributed by atoms with Crippen molar-refractivity contribution in [1.29, 1.82) is 0 Å². The molecule has 12 heteroatoms. The molecule has 0 saturated carbocycles. The Morgan fingerprint density at radius 1 is 0.950 bits per heavy atom. The van der Waals surface area contributed by atoms with Crippen molar-refractivity contribution < 1.29 is 14.4 Å². The van der Waals surface area contributed by atoms with Crippen LogP contribution in [-0.2, 0) is 0 Å². The standard InChI is InChI=1S/C28H20N6O5S/c1-38-21-11-8-17(9-12-21)26-29-28-33(31-26)27(35)24(40-28)15-19-16-32(20-6-4-3-5-7-20)30-25(19)18-10-13-23(39-2)22(14-18)34(36)37/h3-16H,1-2H3/b24-15-. The van der Waals surface area contributed by atoms with E-state index in [0.717, 1.165) is 11.3 Å². The van der Waals surface area contributed by atoms with E-state index in [4.69, 9.17) is 14.6 Å². The van der Waals surface area contributed by atoms with E-state index in [9.17, 15) is 14.9 Å². The van der Waals surface area contributed by atoms with Crippen LogP contribution in [0.2, 0.25) is 0 Å². The molecule has 0 bridgehead atoms. The third kappa shape index (κ3) is 4.46. The predicted molar refractivity (Wildman–Crippen MR) is 150 cm³/mol. The van der Waals surface area contributed by atoms with Gasteiger partial charge in [0.05, 0.1) is 29.4 Å². The second kappa shape index (κ2) is 10.1. The average Bonchev–Trinajstić information content (AvgIpc) is 3.68. The molecule has 6 rings (SSSR count). The molecule has 0 atom stereocenters. The van der Waals surface area contributed by atoms with Crippen LogP contribution in [0.5, 0.6) is 11.5 Å². The van der Waals surface area contributed by atoms with Gasteiger partial charge in [-0.15, -0.1) is 5.10 Å². The predicted octanol–water partition coefficient (Wildman–Crippen LogP) is 4.14. The van der Waals surface area contributed by atoms with Crippen molar-refractivity contribution in [3.05, 3.63) is 110 Å². The number of fused-ring (bicyclic) bond motifs is 1. The molecule has 0 unspecified atom stereocenters. The molecule has 11 nitrogen and oxygen atoms in total. The smallest absolute Gasteiger partial charge is 0.311 e. The summed E-state index contributed by atoms with van der Waals surface area (Å²) in [4.78, 5) is 29.5. The quantitative estimate of drug-likeness (QED) is 0.214. The van der Waals surface area contributed by atoms with Gasteiger partial charge in [-0.1, -0.05) is 29.5 Å². The van der Waals surface area contributed by atoms with Crippen molar-refractivity contribution >= 4 is 28.1 Å². The highest BCUT2D eigenvalue weighted by atomic mass is 32.1. The van der Waals surface area contributed by atoms with Gasteiger partial charge in [0.1, 0.15) is 11.4 Å². The Balaban J connectivity index is 1.48. The van der Waals surface area contributed by atoms with Crippen molar-refractivity contribution in [2.24, 2.45) is 0 Å². The van der Waals surface area contributed by atoms with Crippen LogP contribution < -0.4 is 19.6 Å². The Morgan fingerprint density at radius 3 is 2.38 bits per heavy atom. The minimum atomic E-state index is -0.504. The first kappa shape index (κ1) is 24.9. The molecular formula is C28H20N6O5S. The van der Waals surface area contributed by atoms with Gasteiger partial charge >= 0.3 is 5.69 Å². The lowest BCUT2D eigenvalue weighted by Gasteiger charge is -2.04. The summed E-state index contributed by atoms with van der Waals surface area (Å²) in [6.07, 6.45) is 3.48. The summed E-state index contributed by atoms with van der Waals surface area (Å²) in [6.45, 7) is 0. The SMILES string of the molecule is COc1ccc(-c2nc3s/c(=C\c4cn(-c5ccccc5)nc4-c4ccc(OC)c([N+](=O)[O-])c4)c(=O)n3n2)cc1. The van der Waals surface area contributed by atoms with Gasteiger partial charge in [0.15, 0.2) is 11.6 Å². The number of hydrogen-bond acceptors (Lipinski definition) is 9. The Bertz CT molecular complexity index is 1980. The fourth-order valence-electron chi connectivity index (χ4n) is 4.25. The number of aromatic nitrogens is 5. The third-order valence-electron chi connectivity index (χ3n) is 6.23. The maximum absolute atomic E-state index is 13.3. The van der Waals surface area contributed by atoms with E-state index < -0.39 is 4.92 Å². The maximum atomic E-state index is 13.3. The molecule has 0 aliphatic heterocycles. The van der Waals surface area contributed by atoms with Gasteiger partial charge in [-0.3, -0.25) is 14.9 Å². The Morgan fingerprint density at radius 2 is 1.70 bits per heavy atom. The Labute approximate surface area is 230 Å². The average molecular weight is 553 g/mol. The first-order valence-corrected chi connectivity index (χ1v) is 12.8. The number of thiazole rings is 1. The highest BCUT2D eigenvalue weighted by Gasteiger charge is 2.20. The molecule has 0 aliphatic carbocycles. The van der Waals surface area contributed by atoms with Crippen LogP contribution in [0.4, 0.5) is 5.69 Å². The highest BCUT2D eigenvalue weighted by Crippen LogP contribution is 2.33. The van der Waals surface area contributed by atoms with Gasteiger partial charge < -0.3 is 9.47 Å². The number of para-hydroxylation sites is 1. The lowest BCUT2D eigenvalue weighted by molar-refractivity contribution is -0.385. The summed E-state index contributed by atoms with van der Waals surface area (Å²) in [7, 11) is 2.97. The van der Waals surface area contributed by atoms with Gasteiger partial charge in [-0.05, 0) is 54.6 Å². The summed E-state index contributed by atoms with van der Waals surface area (Å²) < 4.78 is 13.7. The zero-order valence-electron chi connectivity index (χ0n) is 21.2. The molecule has 0 amide bonds. The van der Waals surface area contributed by atoms with Crippen LogP contribution in [0.1, 0.15) is 5.56 Å². The van der Waals surface area contributed by atoms with Crippen LogP contribution in [0.3, 0.4) is 0 Å². The van der Waals surface area contributed by atoms with Crippen molar-refractivity contribution in [2.75, 3.05) is 14.2 Å². The topological polar surface area (TPSA) is 127 Å². The van der Waals surface area contributed by atoms with Gasteiger partial charge in [-0.25, -0.2) is 4.68 Å². The fourth-order valence-corrected chi connectivity index (χ4v) is 5.15. The highest BCUT2D eigenvalue weighted by molar-refractivity contribution is 7.15. The number of methoxy groups -OCH3 is 2. The second-order valence-corrected chi connectivity index (χ2v) is 9.64. The van der Waals surface area contributed by atoms with Crippen LogP contribution in [0.25, 0.3) is 39.4 Å². The molecule has 0 N–H and O–H groups in total. The van der Waals surface area contributed by atoms with Crippen LogP contribution >= 0.6 is 11.3 Å². The largest absolute Gasteiger partial charge is 0.497 e. The summed E-state index contributed by atoms with van der Waals surface area (Å²) >= 11 is 1.20. The van der Waals surface area contributed by atoms with Gasteiger partial charge in [0, 0.05) is 29.0 Å². The third-order valence-corrected chi connectivity index (χ3v) is 7.19. The molecule has 3 aromatic carbocycles. The van der Waals surface area contributed by atoms with E-state index in [0.29, 0.717) is 37.9 Å². The number of nitro groups is 1. The summed E-state index contributed by atoms with van der Waals surface area (Å²) in [5.74, 6) is 1.28. The first-order valence-electron chi connectivity index (χ1n) is 12.0. The fraction of sp³-hybridized carbons (Fsp3) is 0.0714. The Kier molecular flexibility index (Phi) is 6.28. The summed E-state index contributed by atoms with van der Waals surface area (Å²) in [5, 5.41) is 20.8. The minimum Gasteiger partial charge on any atom is -0.497 e. The number of benzene rings is 3. The van der Waals surface area contributed by atoms with E-state index in [1.54, 1.807) is 42.3 Å². The number of nitro benzene ring substituents is 1. The molecule has 0 aliphatic rings. The summed E-state index contributed by atoms with van der Waals surface area (Å²) in [6, 6.07) is 21.3. The molecule has 0 spiro atoms. The zero-order chi connectivity index (χ0) is 27.8. The second-order valence-electron chi connectivity index (χ2n) is 8.63. The van der Waals surface area contributed by atoms with Gasteiger partial charge in [0.25, 0.3) is 5.56 Å². The maximum Gasteiger partial charge on any atom is 0.311 e. The lowest BCUT2D eigenvalue weighted by atomic mass is 10.1. The molecule has 6 aromatic rings. The van der Waals surface area contributed by atoms with Crippen LogP contribution in [0, 0.1) is 10.1 Å². The van der Waals surface area contributed by atoms with E-state index in [-0.39, 0.29) is 17.0 Å². The summed E-state index contributed by atoms with van der Waals surface area (Å²) in [5.41, 5.74) is 2.60. The number of nitrogens with zero attached hydrogens (tertiary/aromatic N) is 6. The van der Waals surface area contributed by atoms with Gasteiger partial charge in [-0.2, -0.15) is 14.6 Å². The molecular weight excluding hydrogens is 532 g/mol. The van der Waals surface area contributed by atoms with Crippen molar-refractivity contribution in [2.45, 2.75) is 0 Å². The molecule has 3 heterocycles. The van der Waals surface area contributed by atoms with Crippen molar-refractivity contribution in [1.82, 2.24) is 24.4 Å². The first-order chi connectivity index (χ1) is 19.4. The lowest BCUT2D eigenvalue weighted by Crippen LogP contribution is -2.23. The van der Waals surface area contributed by atoms with Crippen molar-refractivity contribution in [3.63, 3.8) is 0 Å². The number of rotatable bonds is 7. The normalized spacial score (nSPS) is 11.7. The minimum absolute atomic E-state index is 0.141. The number of ether oxygens (including phenoxy) is 2. The van der Waals surface area contributed by atoms with Crippen LogP contribution in [0.15, 0.2) is 83.8 Å². The van der Waals surface area contributed by atoms with Crippen LogP contribution in [-0.4, -0.2) is 43.5 Å². The molecule has 0 radical (unpaired) electrons. The molecule has 3 aromatic heterocycles. The molecule has 0 fully saturated rings. The van der Waals surface area contributed by atoms with E-state index >= 15 is 0 Å². The molecule has 198 valence electrons. The van der Waals surface area contributed by atoms with E-state index in [2.05, 4.69) is 10.1 Å². The van der Waals surface area contributed by atoms with E-state index in [1.807, 2.05) is 42.5 Å². The molecule has 40 heavy (non-hydrogen) atoms. The zero-order valence-corrected chi connectivity index (χ0v) is 22.0. The van der Waals surface area contributed by atoms with E-state index in [1.165, 1.54) is 35.1 Å². The Hall–Kier alpha value is -5.36. The van der Waals surface area contributed by atoms with Gasteiger partial charge in [0.2, 0.25) is 4.96 Å².